The van der Waals surface area contributed by atoms with E-state index in [-0.39, 0.29) is 27.7 Å². The minimum Gasteiger partial charge on any atom is -0.455 e. The van der Waals surface area contributed by atoms with Crippen LogP contribution in [-0.4, -0.2) is 41.5 Å². The monoisotopic (exact) mass is 650 g/mol. The van der Waals surface area contributed by atoms with Crippen molar-refractivity contribution in [2.45, 2.75) is 17.1 Å². The number of rotatable bonds is 8. The van der Waals surface area contributed by atoms with Crippen LogP contribution in [0.5, 0.6) is 11.5 Å². The molecule has 3 heterocycles. The van der Waals surface area contributed by atoms with Crippen molar-refractivity contribution >= 4 is 38.1 Å². The Hall–Kier alpha value is -4.05. The van der Waals surface area contributed by atoms with Gasteiger partial charge in [0.05, 0.1) is 22.3 Å². The van der Waals surface area contributed by atoms with Gasteiger partial charge in [0.2, 0.25) is 5.13 Å². The topological polar surface area (TPSA) is 111 Å². The fourth-order valence-electron chi connectivity index (χ4n) is 4.42. The van der Waals surface area contributed by atoms with Gasteiger partial charge < -0.3 is 10.1 Å². The van der Waals surface area contributed by atoms with E-state index in [1.165, 1.54) is 17.6 Å². The molecule has 0 bridgehead atoms. The number of sulfonamides is 1. The highest BCUT2D eigenvalue weighted by Crippen LogP contribution is 2.41. The van der Waals surface area contributed by atoms with Crippen LogP contribution in [-0.2, 0) is 16.2 Å². The van der Waals surface area contributed by atoms with Crippen molar-refractivity contribution in [1.82, 2.24) is 25.3 Å². The summed E-state index contributed by atoms with van der Waals surface area (Å²) in [5, 5.41) is 14.5. The Bertz CT molecular complexity index is 1900. The molecule has 5 aromatic rings. The molecule has 1 fully saturated rings. The molecular weight excluding hydrogens is 632 g/mol. The largest absolute Gasteiger partial charge is 0.455 e. The molecule has 1 aliphatic rings. The molecule has 3 aromatic carbocycles. The van der Waals surface area contributed by atoms with Gasteiger partial charge in [-0.15, -0.1) is 10.2 Å². The summed E-state index contributed by atoms with van der Waals surface area (Å²) in [6.07, 6.45) is -2.86. The van der Waals surface area contributed by atoms with E-state index in [9.17, 15) is 21.6 Å². The van der Waals surface area contributed by atoms with Crippen LogP contribution in [0.1, 0.15) is 11.6 Å². The highest BCUT2D eigenvalue weighted by atomic mass is 35.5. The highest BCUT2D eigenvalue weighted by Gasteiger charge is 2.30. The molecular formula is C27H19ClF4N6O3S2. The van der Waals surface area contributed by atoms with E-state index in [2.05, 4.69) is 25.3 Å². The molecule has 16 heteroatoms. The smallest absolute Gasteiger partial charge is 0.416 e. The third-order valence-electron chi connectivity index (χ3n) is 6.65. The Morgan fingerprint density at radius 2 is 1.77 bits per heavy atom. The first-order valence-electron chi connectivity index (χ1n) is 12.5. The summed E-state index contributed by atoms with van der Waals surface area (Å²) in [4.78, 5) is -0.714. The molecule has 0 amide bonds. The van der Waals surface area contributed by atoms with Crippen LogP contribution in [0.4, 0.5) is 22.7 Å². The van der Waals surface area contributed by atoms with Gasteiger partial charge in [0, 0.05) is 30.9 Å². The molecule has 0 saturated carbocycles. The van der Waals surface area contributed by atoms with Gasteiger partial charge in [-0.3, -0.25) is 9.40 Å². The summed E-state index contributed by atoms with van der Waals surface area (Å²) >= 11 is 7.30. The van der Waals surface area contributed by atoms with Crippen LogP contribution >= 0.6 is 22.9 Å². The zero-order valence-corrected chi connectivity index (χ0v) is 24.0. The van der Waals surface area contributed by atoms with E-state index in [1.54, 1.807) is 35.1 Å². The van der Waals surface area contributed by atoms with Crippen molar-refractivity contribution in [3.63, 3.8) is 0 Å². The lowest BCUT2D eigenvalue weighted by Crippen LogP contribution is -2.44. The first-order valence-corrected chi connectivity index (χ1v) is 15.3. The first kappa shape index (κ1) is 29.0. The van der Waals surface area contributed by atoms with E-state index in [0.717, 1.165) is 35.6 Å². The number of aromatic nitrogens is 4. The SMILES string of the molecule is O=S(=O)(Nc1nncs1)c1cc(Cl)c(Oc2ccc(-c3ccc(C(F)(F)F)cc3)cc2-c2ccnn2C2CNC2)cc1F. The highest BCUT2D eigenvalue weighted by molar-refractivity contribution is 7.93. The number of nitrogens with one attached hydrogen (secondary N) is 2. The average Bonchev–Trinajstić information content (AvgIpc) is 3.61. The summed E-state index contributed by atoms with van der Waals surface area (Å²) in [6, 6.07) is 13.3. The molecule has 2 N–H and O–H groups in total. The maximum absolute atomic E-state index is 15.2. The molecule has 1 saturated heterocycles. The minimum absolute atomic E-state index is 0.0492. The molecule has 0 radical (unpaired) electrons. The summed E-state index contributed by atoms with van der Waals surface area (Å²) in [5.74, 6) is -1.05. The van der Waals surface area contributed by atoms with Crippen LogP contribution in [0, 0.1) is 5.82 Å². The Balaban J connectivity index is 1.38. The van der Waals surface area contributed by atoms with E-state index in [0.29, 0.717) is 35.5 Å². The number of alkyl halides is 3. The van der Waals surface area contributed by atoms with Gasteiger partial charge >= 0.3 is 6.18 Å². The van der Waals surface area contributed by atoms with Crippen molar-refractivity contribution in [2.24, 2.45) is 0 Å². The molecule has 43 heavy (non-hydrogen) atoms. The van der Waals surface area contributed by atoms with Gasteiger partial charge in [0.15, 0.2) is 0 Å². The zero-order valence-electron chi connectivity index (χ0n) is 21.6. The molecule has 0 atom stereocenters. The Kier molecular flexibility index (Phi) is 7.58. The van der Waals surface area contributed by atoms with Crippen LogP contribution in [0.25, 0.3) is 22.4 Å². The molecule has 222 valence electrons. The van der Waals surface area contributed by atoms with E-state index < -0.39 is 32.5 Å². The quantitative estimate of drug-likeness (QED) is 0.182. The van der Waals surface area contributed by atoms with Crippen molar-refractivity contribution < 1.29 is 30.7 Å². The fraction of sp³-hybridized carbons (Fsp3) is 0.148. The lowest BCUT2D eigenvalue weighted by Gasteiger charge is -2.29. The van der Waals surface area contributed by atoms with E-state index in [1.807, 2.05) is 0 Å². The van der Waals surface area contributed by atoms with Gasteiger partial charge in [-0.1, -0.05) is 41.1 Å². The average molecular weight is 651 g/mol. The lowest BCUT2D eigenvalue weighted by atomic mass is 9.99. The summed E-state index contributed by atoms with van der Waals surface area (Å²) in [6.45, 7) is 1.36. The van der Waals surface area contributed by atoms with Crippen LogP contribution < -0.4 is 14.8 Å². The standard InChI is InChI=1S/C27H19ClF4N6O3S2/c28-20-10-25(43(39,40)37-26-36-34-14-42-26)21(29)11-24(20)41-23-6-3-16(15-1-4-17(5-2-15)27(30,31)32)9-19(23)22-7-8-35-38(22)18-12-33-13-18/h1-11,14,18,33H,12-13H2,(H,36,37). The molecule has 6 rings (SSSR count). The maximum atomic E-state index is 15.2. The summed E-state index contributed by atoms with van der Waals surface area (Å²) in [5.41, 5.74) is 2.81. The maximum Gasteiger partial charge on any atom is 0.416 e. The number of ether oxygens (including phenoxy) is 1. The van der Waals surface area contributed by atoms with Crippen molar-refractivity contribution in [1.29, 1.82) is 0 Å². The number of nitrogens with zero attached hydrogens (tertiary/aromatic N) is 4. The predicted octanol–water partition coefficient (Wildman–Crippen LogP) is 6.62. The summed E-state index contributed by atoms with van der Waals surface area (Å²) < 4.78 is 90.0. The van der Waals surface area contributed by atoms with Crippen molar-refractivity contribution in [3.05, 3.63) is 88.8 Å². The second-order valence-corrected chi connectivity index (χ2v) is 12.3. The van der Waals surface area contributed by atoms with Crippen LogP contribution in [0.15, 0.2) is 77.3 Å². The predicted molar refractivity (Wildman–Crippen MR) is 152 cm³/mol. The number of hydrogen-bond acceptors (Lipinski definition) is 8. The fourth-order valence-corrected chi connectivity index (χ4v) is 6.46. The minimum atomic E-state index is -4.47. The molecule has 1 aliphatic heterocycles. The number of hydrogen-bond donors (Lipinski definition) is 2. The number of anilines is 1. The van der Waals surface area contributed by atoms with Gasteiger partial charge in [-0.05, 0) is 47.5 Å². The Morgan fingerprint density at radius 3 is 2.42 bits per heavy atom. The second-order valence-electron chi connectivity index (χ2n) is 9.42. The number of halogens is 5. The van der Waals surface area contributed by atoms with Crippen LogP contribution in [0.3, 0.4) is 0 Å². The van der Waals surface area contributed by atoms with Gasteiger partial charge in [0.1, 0.15) is 27.7 Å². The normalized spacial score (nSPS) is 14.0. The molecule has 0 unspecified atom stereocenters. The third-order valence-corrected chi connectivity index (χ3v) is 9.04. The van der Waals surface area contributed by atoms with Crippen molar-refractivity contribution in [2.75, 3.05) is 17.8 Å². The van der Waals surface area contributed by atoms with E-state index in [4.69, 9.17) is 16.3 Å². The van der Waals surface area contributed by atoms with Gasteiger partial charge in [-0.2, -0.15) is 18.3 Å². The third kappa shape index (κ3) is 5.93. The molecule has 2 aromatic heterocycles. The molecule has 0 spiro atoms. The second kappa shape index (κ2) is 11.2. The zero-order chi connectivity index (χ0) is 30.4. The first-order chi connectivity index (χ1) is 20.5. The molecule has 0 aliphatic carbocycles. The Labute approximate surface area is 251 Å². The molecule has 9 nitrogen and oxygen atoms in total. The lowest BCUT2D eigenvalue weighted by molar-refractivity contribution is -0.137. The number of benzene rings is 3. The van der Waals surface area contributed by atoms with E-state index >= 15 is 4.39 Å². The van der Waals surface area contributed by atoms with Crippen LogP contribution in [0.2, 0.25) is 5.02 Å². The summed E-state index contributed by atoms with van der Waals surface area (Å²) in [7, 11) is -4.37. The van der Waals surface area contributed by atoms with Gasteiger partial charge in [0.25, 0.3) is 10.0 Å². The van der Waals surface area contributed by atoms with Crippen molar-refractivity contribution in [3.8, 4) is 33.9 Å². The Morgan fingerprint density at radius 1 is 1.02 bits per heavy atom. The van der Waals surface area contributed by atoms with Gasteiger partial charge in [-0.25, -0.2) is 12.8 Å².